The Labute approximate surface area is 146 Å². The van der Waals surface area contributed by atoms with Crippen molar-refractivity contribution < 1.29 is 9.90 Å². The normalized spacial score (nSPS) is 13.5. The SMILES string of the molecule is Cc1cc(C)c(CNC(=O)N(Cc2cccc(O)c2)C2CC2)c(=O)[nH]1. The lowest BCUT2D eigenvalue weighted by atomic mass is 10.1. The molecule has 0 unspecified atom stereocenters. The van der Waals surface area contributed by atoms with Gasteiger partial charge >= 0.3 is 6.03 Å². The zero-order valence-electron chi connectivity index (χ0n) is 14.5. The lowest BCUT2D eigenvalue weighted by Gasteiger charge is -2.23. The van der Waals surface area contributed by atoms with Crippen LogP contribution in [0.25, 0.3) is 0 Å². The molecule has 6 heteroatoms. The van der Waals surface area contributed by atoms with Crippen LogP contribution in [0.15, 0.2) is 35.1 Å². The molecule has 1 aliphatic rings. The molecule has 1 aromatic heterocycles. The topological polar surface area (TPSA) is 85.4 Å². The lowest BCUT2D eigenvalue weighted by molar-refractivity contribution is 0.191. The summed E-state index contributed by atoms with van der Waals surface area (Å²) in [7, 11) is 0. The van der Waals surface area contributed by atoms with Gasteiger partial charge in [-0.1, -0.05) is 12.1 Å². The number of phenols is 1. The second-order valence-electron chi connectivity index (χ2n) is 6.63. The fourth-order valence-electron chi connectivity index (χ4n) is 2.97. The molecule has 2 aromatic rings. The zero-order valence-corrected chi connectivity index (χ0v) is 14.5. The number of aryl methyl sites for hydroxylation is 2. The number of hydrogen-bond acceptors (Lipinski definition) is 3. The van der Waals surface area contributed by atoms with E-state index in [1.54, 1.807) is 23.1 Å². The highest BCUT2D eigenvalue weighted by Gasteiger charge is 2.32. The maximum atomic E-state index is 12.6. The molecule has 6 nitrogen and oxygen atoms in total. The molecule has 1 aliphatic carbocycles. The number of rotatable bonds is 5. The second-order valence-corrected chi connectivity index (χ2v) is 6.63. The van der Waals surface area contributed by atoms with Crippen molar-refractivity contribution in [3.05, 3.63) is 63.1 Å². The van der Waals surface area contributed by atoms with Crippen molar-refractivity contribution in [3.63, 3.8) is 0 Å². The second kappa shape index (κ2) is 7.01. The molecule has 0 spiro atoms. The Kier molecular flexibility index (Phi) is 4.79. The summed E-state index contributed by atoms with van der Waals surface area (Å²) in [6.07, 6.45) is 1.97. The van der Waals surface area contributed by atoms with Crippen LogP contribution in [0.3, 0.4) is 0 Å². The minimum atomic E-state index is -0.190. The Balaban J connectivity index is 1.69. The molecule has 3 rings (SSSR count). The van der Waals surface area contributed by atoms with Gasteiger partial charge in [0.2, 0.25) is 0 Å². The van der Waals surface area contributed by atoms with Crippen LogP contribution in [0, 0.1) is 13.8 Å². The van der Waals surface area contributed by atoms with E-state index in [0.29, 0.717) is 12.1 Å². The third kappa shape index (κ3) is 4.21. The van der Waals surface area contributed by atoms with E-state index in [-0.39, 0.29) is 29.9 Å². The van der Waals surface area contributed by atoms with Crippen LogP contribution >= 0.6 is 0 Å². The van der Waals surface area contributed by atoms with Gasteiger partial charge in [-0.2, -0.15) is 0 Å². The summed E-state index contributed by atoms with van der Waals surface area (Å²) in [6, 6.07) is 8.86. The van der Waals surface area contributed by atoms with Crippen molar-refractivity contribution in [1.82, 2.24) is 15.2 Å². The van der Waals surface area contributed by atoms with Crippen molar-refractivity contribution in [1.29, 1.82) is 0 Å². The fourth-order valence-corrected chi connectivity index (χ4v) is 2.97. The van der Waals surface area contributed by atoms with E-state index in [9.17, 15) is 14.7 Å². The van der Waals surface area contributed by atoms with Crippen molar-refractivity contribution in [2.45, 2.75) is 45.8 Å². The van der Waals surface area contributed by atoms with E-state index in [1.807, 2.05) is 26.0 Å². The molecule has 1 heterocycles. The number of urea groups is 1. The van der Waals surface area contributed by atoms with E-state index < -0.39 is 0 Å². The first kappa shape index (κ1) is 17.1. The molecule has 3 N–H and O–H groups in total. The fraction of sp³-hybridized carbons (Fsp3) is 0.368. The Bertz CT molecular complexity index is 840. The first-order chi connectivity index (χ1) is 11.9. The van der Waals surface area contributed by atoms with Gasteiger partial charge < -0.3 is 20.3 Å². The Morgan fingerprint density at radius 3 is 2.72 bits per heavy atom. The van der Waals surface area contributed by atoms with Gasteiger partial charge in [0.1, 0.15) is 5.75 Å². The summed E-state index contributed by atoms with van der Waals surface area (Å²) in [5.74, 6) is 0.190. The van der Waals surface area contributed by atoms with Gasteiger partial charge in [-0.3, -0.25) is 4.79 Å². The van der Waals surface area contributed by atoms with E-state index >= 15 is 0 Å². The minimum Gasteiger partial charge on any atom is -0.508 e. The first-order valence-corrected chi connectivity index (χ1v) is 8.46. The van der Waals surface area contributed by atoms with Gasteiger partial charge in [-0.05, 0) is 56.0 Å². The average molecular weight is 341 g/mol. The number of hydrogen-bond donors (Lipinski definition) is 3. The molecule has 2 amide bonds. The van der Waals surface area contributed by atoms with Crippen LogP contribution in [0.2, 0.25) is 0 Å². The van der Waals surface area contributed by atoms with Crippen molar-refractivity contribution in [2.75, 3.05) is 0 Å². The summed E-state index contributed by atoms with van der Waals surface area (Å²) in [6.45, 7) is 4.34. The summed E-state index contributed by atoms with van der Waals surface area (Å²) >= 11 is 0. The van der Waals surface area contributed by atoms with Crippen molar-refractivity contribution in [3.8, 4) is 5.75 Å². The molecular weight excluding hydrogens is 318 g/mol. The monoisotopic (exact) mass is 341 g/mol. The summed E-state index contributed by atoms with van der Waals surface area (Å²) in [5, 5.41) is 12.5. The van der Waals surface area contributed by atoms with Gasteiger partial charge in [0.15, 0.2) is 0 Å². The maximum Gasteiger partial charge on any atom is 0.318 e. The average Bonchev–Trinajstić information content (AvgIpc) is 3.36. The molecule has 1 saturated carbocycles. The van der Waals surface area contributed by atoms with Gasteiger partial charge in [0.05, 0.1) is 6.54 Å². The van der Waals surface area contributed by atoms with Crippen molar-refractivity contribution >= 4 is 6.03 Å². The maximum absolute atomic E-state index is 12.6. The van der Waals surface area contributed by atoms with Crippen LogP contribution in [0.4, 0.5) is 4.79 Å². The number of carbonyl (C=O) groups is 1. The Hall–Kier alpha value is -2.76. The highest BCUT2D eigenvalue weighted by Crippen LogP contribution is 2.29. The third-order valence-corrected chi connectivity index (χ3v) is 4.42. The Morgan fingerprint density at radius 1 is 1.32 bits per heavy atom. The first-order valence-electron chi connectivity index (χ1n) is 8.46. The van der Waals surface area contributed by atoms with E-state index in [1.165, 1.54) is 0 Å². The highest BCUT2D eigenvalue weighted by atomic mass is 16.3. The minimum absolute atomic E-state index is 0.163. The zero-order chi connectivity index (χ0) is 18.0. The number of pyridine rings is 1. The number of aromatic hydroxyl groups is 1. The van der Waals surface area contributed by atoms with Crippen LogP contribution in [-0.2, 0) is 13.1 Å². The molecule has 0 aliphatic heterocycles. The number of amides is 2. The Morgan fingerprint density at radius 2 is 2.08 bits per heavy atom. The molecule has 0 atom stereocenters. The number of carbonyl (C=O) groups excluding carboxylic acids is 1. The van der Waals surface area contributed by atoms with Crippen molar-refractivity contribution in [2.24, 2.45) is 0 Å². The van der Waals surface area contributed by atoms with Gasteiger partial charge in [0, 0.05) is 23.8 Å². The van der Waals surface area contributed by atoms with Crippen LogP contribution < -0.4 is 10.9 Å². The molecule has 132 valence electrons. The van der Waals surface area contributed by atoms with Gasteiger partial charge in [0.25, 0.3) is 5.56 Å². The number of H-pyrrole nitrogens is 1. The lowest BCUT2D eigenvalue weighted by Crippen LogP contribution is -2.41. The molecule has 0 bridgehead atoms. The summed E-state index contributed by atoms with van der Waals surface area (Å²) in [5.41, 5.74) is 2.97. The van der Waals surface area contributed by atoms with E-state index in [4.69, 9.17) is 0 Å². The predicted octanol–water partition coefficient (Wildman–Crippen LogP) is 2.57. The van der Waals surface area contributed by atoms with E-state index in [2.05, 4.69) is 10.3 Å². The molecule has 0 saturated heterocycles. The number of benzene rings is 1. The molecule has 25 heavy (non-hydrogen) atoms. The number of aromatic amines is 1. The van der Waals surface area contributed by atoms with Crippen LogP contribution in [0.5, 0.6) is 5.75 Å². The number of phenolic OH excluding ortho intramolecular Hbond substituents is 1. The molecule has 1 aromatic carbocycles. The number of nitrogens with one attached hydrogen (secondary N) is 2. The largest absolute Gasteiger partial charge is 0.508 e. The predicted molar refractivity (Wildman–Crippen MR) is 95.4 cm³/mol. The molecule has 0 radical (unpaired) electrons. The highest BCUT2D eigenvalue weighted by molar-refractivity contribution is 5.75. The quantitative estimate of drug-likeness (QED) is 0.781. The number of aromatic nitrogens is 1. The van der Waals surface area contributed by atoms with Crippen LogP contribution in [0.1, 0.15) is 35.2 Å². The third-order valence-electron chi connectivity index (χ3n) is 4.42. The van der Waals surface area contributed by atoms with E-state index in [0.717, 1.165) is 29.7 Å². The standard InChI is InChI=1S/C19H23N3O3/c1-12-8-13(2)21-18(24)17(12)10-20-19(25)22(15-6-7-15)11-14-4-3-5-16(23)9-14/h3-5,8-9,15,23H,6-7,10-11H2,1-2H3,(H,20,25)(H,21,24). The van der Waals surface area contributed by atoms with Gasteiger partial charge in [-0.25, -0.2) is 4.79 Å². The number of nitrogens with zero attached hydrogens (tertiary/aromatic N) is 1. The van der Waals surface area contributed by atoms with Gasteiger partial charge in [-0.15, -0.1) is 0 Å². The summed E-state index contributed by atoms with van der Waals surface area (Å²) in [4.78, 5) is 29.2. The van der Waals surface area contributed by atoms with Crippen LogP contribution in [-0.4, -0.2) is 27.1 Å². The summed E-state index contributed by atoms with van der Waals surface area (Å²) < 4.78 is 0. The smallest absolute Gasteiger partial charge is 0.318 e. The molecule has 1 fully saturated rings. The molecular formula is C19H23N3O3.